The van der Waals surface area contributed by atoms with Gasteiger partial charge in [0.15, 0.2) is 11.5 Å². The Balaban J connectivity index is 2.01. The third-order valence-corrected chi connectivity index (χ3v) is 2.69. The van der Waals surface area contributed by atoms with E-state index in [0.29, 0.717) is 18.1 Å². The van der Waals surface area contributed by atoms with Gasteiger partial charge in [0.1, 0.15) is 6.61 Å². The van der Waals surface area contributed by atoms with E-state index < -0.39 is 0 Å². The fourth-order valence-corrected chi connectivity index (χ4v) is 1.52. The zero-order chi connectivity index (χ0) is 11.5. The Hall–Kier alpha value is -1.40. The molecule has 0 spiro atoms. The Morgan fingerprint density at radius 3 is 3.06 bits per heavy atom. The number of carbonyl (C=O) groups is 1. The van der Waals surface area contributed by atoms with Gasteiger partial charge >= 0.3 is 0 Å². The number of nitrogens with one attached hydrogen (secondary N) is 1. The quantitative estimate of drug-likeness (QED) is 0.772. The molecule has 1 aromatic rings. The highest BCUT2D eigenvalue weighted by atomic mass is 16.5. The minimum atomic E-state index is -0.113. The van der Waals surface area contributed by atoms with Crippen LogP contribution in [0.25, 0.3) is 0 Å². The molecule has 0 unspecified atom stereocenters. The van der Waals surface area contributed by atoms with Crippen LogP contribution in [-0.4, -0.2) is 49.3 Å². The second-order valence-electron chi connectivity index (χ2n) is 3.84. The number of hydrogen-bond donors (Lipinski definition) is 1. The number of hydrogen-bond acceptors (Lipinski definition) is 5. The van der Waals surface area contributed by atoms with Crippen LogP contribution in [0.3, 0.4) is 0 Å². The number of ether oxygens (including phenoxy) is 1. The van der Waals surface area contributed by atoms with E-state index in [9.17, 15) is 4.79 Å². The lowest BCUT2D eigenvalue weighted by Gasteiger charge is -2.35. The largest absolute Gasteiger partial charge is 0.377 e. The summed E-state index contributed by atoms with van der Waals surface area (Å²) >= 11 is 0. The smallest absolute Gasteiger partial charge is 0.276 e. The summed E-state index contributed by atoms with van der Waals surface area (Å²) in [6.45, 7) is 2.00. The number of rotatable bonds is 4. The zero-order valence-electron chi connectivity index (χ0n) is 9.40. The van der Waals surface area contributed by atoms with Gasteiger partial charge in [-0.2, -0.15) is 0 Å². The van der Waals surface area contributed by atoms with Crippen molar-refractivity contribution in [2.45, 2.75) is 12.6 Å². The predicted molar refractivity (Wildman–Crippen MR) is 56.0 cm³/mol. The highest BCUT2D eigenvalue weighted by Gasteiger charge is 2.27. The van der Waals surface area contributed by atoms with Crippen molar-refractivity contribution < 1.29 is 14.1 Å². The van der Waals surface area contributed by atoms with E-state index in [4.69, 9.17) is 9.26 Å². The highest BCUT2D eigenvalue weighted by Crippen LogP contribution is 2.10. The molecule has 6 nitrogen and oxygen atoms in total. The summed E-state index contributed by atoms with van der Waals surface area (Å²) in [4.78, 5) is 13.6. The van der Waals surface area contributed by atoms with Crippen molar-refractivity contribution in [3.05, 3.63) is 17.5 Å². The fourth-order valence-electron chi connectivity index (χ4n) is 1.52. The van der Waals surface area contributed by atoms with Crippen LogP contribution in [-0.2, 0) is 11.3 Å². The summed E-state index contributed by atoms with van der Waals surface area (Å²) < 4.78 is 9.86. The molecule has 88 valence electrons. The normalized spacial score (nSPS) is 15.9. The molecule has 1 amide bonds. The lowest BCUT2D eigenvalue weighted by Crippen LogP contribution is -2.57. The predicted octanol–water partition coefficient (Wildman–Crippen LogP) is -0.135. The van der Waals surface area contributed by atoms with Crippen LogP contribution < -0.4 is 5.32 Å². The van der Waals surface area contributed by atoms with E-state index in [1.807, 2.05) is 0 Å². The first-order valence-electron chi connectivity index (χ1n) is 5.14. The molecule has 6 heteroatoms. The van der Waals surface area contributed by atoms with Gasteiger partial charge in [-0.3, -0.25) is 4.79 Å². The fraction of sp³-hybridized carbons (Fsp3) is 0.600. The summed E-state index contributed by atoms with van der Waals surface area (Å²) in [5, 5.41) is 6.85. The Labute approximate surface area is 93.5 Å². The first kappa shape index (κ1) is 11.1. The molecular weight excluding hydrogens is 210 g/mol. The molecule has 1 N–H and O–H groups in total. The maximum Gasteiger partial charge on any atom is 0.276 e. The van der Waals surface area contributed by atoms with Crippen LogP contribution in [0.4, 0.5) is 0 Å². The van der Waals surface area contributed by atoms with Crippen LogP contribution in [0.5, 0.6) is 0 Å². The second kappa shape index (κ2) is 4.63. The lowest BCUT2D eigenvalue weighted by atomic mass is 10.1. The Kier molecular flexibility index (Phi) is 3.21. The molecule has 0 radical (unpaired) electrons. The van der Waals surface area contributed by atoms with Gasteiger partial charge in [-0.15, -0.1) is 0 Å². The van der Waals surface area contributed by atoms with Gasteiger partial charge in [0.2, 0.25) is 0 Å². The van der Waals surface area contributed by atoms with Crippen molar-refractivity contribution in [1.82, 2.24) is 15.4 Å². The number of aromatic nitrogens is 1. The van der Waals surface area contributed by atoms with E-state index in [0.717, 1.165) is 13.1 Å². The Bertz CT molecular complexity index is 373. The Morgan fingerprint density at radius 2 is 2.50 bits per heavy atom. The van der Waals surface area contributed by atoms with Gasteiger partial charge in [0, 0.05) is 33.3 Å². The van der Waals surface area contributed by atoms with E-state index in [2.05, 4.69) is 10.5 Å². The molecule has 0 atom stereocenters. The third-order valence-electron chi connectivity index (χ3n) is 2.69. The second-order valence-corrected chi connectivity index (χ2v) is 3.84. The number of carbonyl (C=O) groups excluding carboxylic acids is 1. The standard InChI is InChI=1S/C10H15N3O3/c1-13(7-4-11-5-7)10(14)9-3-8(6-15-2)16-12-9/h3,7,11H,4-6H2,1-2H3. The van der Waals surface area contributed by atoms with E-state index in [-0.39, 0.29) is 11.9 Å². The van der Waals surface area contributed by atoms with Crippen molar-refractivity contribution in [3.8, 4) is 0 Å². The van der Waals surface area contributed by atoms with Gasteiger partial charge in [0.05, 0.1) is 6.04 Å². The van der Waals surface area contributed by atoms with Crippen LogP contribution in [0.15, 0.2) is 10.6 Å². The zero-order valence-corrected chi connectivity index (χ0v) is 9.40. The van der Waals surface area contributed by atoms with Crippen molar-refractivity contribution in [1.29, 1.82) is 0 Å². The molecule has 1 saturated heterocycles. The summed E-state index contributed by atoms with van der Waals surface area (Å²) in [5.74, 6) is 0.448. The van der Waals surface area contributed by atoms with Crippen LogP contribution >= 0.6 is 0 Å². The van der Waals surface area contributed by atoms with Gasteiger partial charge in [-0.05, 0) is 0 Å². The summed E-state index contributed by atoms with van der Waals surface area (Å²) in [7, 11) is 3.34. The summed E-state index contributed by atoms with van der Waals surface area (Å²) in [6, 6.07) is 1.88. The third kappa shape index (κ3) is 2.07. The molecular formula is C10H15N3O3. The van der Waals surface area contributed by atoms with Crippen molar-refractivity contribution in [3.63, 3.8) is 0 Å². The summed E-state index contributed by atoms with van der Waals surface area (Å²) in [6.07, 6.45) is 0. The van der Waals surface area contributed by atoms with E-state index in [1.165, 1.54) is 0 Å². The molecule has 1 aliphatic rings. The molecule has 1 fully saturated rings. The minimum absolute atomic E-state index is 0.113. The van der Waals surface area contributed by atoms with Crippen LogP contribution in [0.1, 0.15) is 16.2 Å². The lowest BCUT2D eigenvalue weighted by molar-refractivity contribution is 0.0670. The maximum absolute atomic E-state index is 11.9. The van der Waals surface area contributed by atoms with Crippen molar-refractivity contribution in [2.75, 3.05) is 27.2 Å². The molecule has 0 bridgehead atoms. The van der Waals surface area contributed by atoms with E-state index in [1.54, 1.807) is 25.1 Å². The van der Waals surface area contributed by atoms with Crippen molar-refractivity contribution in [2.24, 2.45) is 0 Å². The van der Waals surface area contributed by atoms with Gasteiger partial charge in [-0.1, -0.05) is 5.16 Å². The Morgan fingerprint density at radius 1 is 1.75 bits per heavy atom. The van der Waals surface area contributed by atoms with Gasteiger partial charge in [-0.25, -0.2) is 0 Å². The maximum atomic E-state index is 11.9. The molecule has 0 aliphatic carbocycles. The first-order chi connectivity index (χ1) is 7.72. The molecule has 1 aliphatic heterocycles. The highest BCUT2D eigenvalue weighted by molar-refractivity contribution is 5.92. The number of methoxy groups -OCH3 is 1. The monoisotopic (exact) mass is 225 g/mol. The first-order valence-corrected chi connectivity index (χ1v) is 5.14. The molecule has 1 aromatic heterocycles. The average Bonchev–Trinajstić information content (AvgIpc) is 2.63. The minimum Gasteiger partial charge on any atom is -0.377 e. The molecule has 2 heterocycles. The molecule has 16 heavy (non-hydrogen) atoms. The molecule has 2 rings (SSSR count). The van der Waals surface area contributed by atoms with Gasteiger partial charge in [0.25, 0.3) is 5.91 Å². The topological polar surface area (TPSA) is 67.6 Å². The summed E-state index contributed by atoms with van der Waals surface area (Å²) in [5.41, 5.74) is 0.335. The van der Waals surface area contributed by atoms with E-state index >= 15 is 0 Å². The molecule has 0 aromatic carbocycles. The van der Waals surface area contributed by atoms with Crippen molar-refractivity contribution >= 4 is 5.91 Å². The number of likely N-dealkylation sites (N-methyl/N-ethyl adjacent to an activating group) is 1. The average molecular weight is 225 g/mol. The van der Waals surface area contributed by atoms with Crippen LogP contribution in [0.2, 0.25) is 0 Å². The molecule has 0 saturated carbocycles. The number of amides is 1. The van der Waals surface area contributed by atoms with Gasteiger partial charge < -0.3 is 19.5 Å². The number of nitrogens with zero attached hydrogens (tertiary/aromatic N) is 2. The SMILES string of the molecule is COCc1cc(C(=O)N(C)C2CNC2)no1. The van der Waals surface area contributed by atoms with Crippen LogP contribution in [0, 0.1) is 0 Å².